The zero-order chi connectivity index (χ0) is 21.0. The predicted molar refractivity (Wildman–Crippen MR) is 106 cm³/mol. The van der Waals surface area contributed by atoms with Crippen molar-refractivity contribution in [2.24, 2.45) is 0 Å². The van der Waals surface area contributed by atoms with Crippen LogP contribution in [0, 0.1) is 0 Å². The molecule has 1 aliphatic carbocycles. The van der Waals surface area contributed by atoms with Gasteiger partial charge in [-0.3, -0.25) is 19.3 Å². The summed E-state index contributed by atoms with van der Waals surface area (Å²) in [4.78, 5) is 52.5. The Bertz CT molecular complexity index is 789. The van der Waals surface area contributed by atoms with E-state index in [0.29, 0.717) is 25.1 Å². The highest BCUT2D eigenvalue weighted by atomic mass is 16.5. The van der Waals surface area contributed by atoms with E-state index >= 15 is 0 Å². The number of anilines is 1. The van der Waals surface area contributed by atoms with E-state index < -0.39 is 30.2 Å². The molecule has 1 unspecified atom stereocenters. The van der Waals surface area contributed by atoms with Crippen LogP contribution in [0.1, 0.15) is 46.0 Å². The summed E-state index contributed by atoms with van der Waals surface area (Å²) >= 11 is 0. The first-order chi connectivity index (χ1) is 13.9. The molecule has 4 amide bonds. The fourth-order valence-corrected chi connectivity index (χ4v) is 4.02. The maximum absolute atomic E-state index is 12.7. The largest absolute Gasteiger partial charge is 0.451 e. The Morgan fingerprint density at radius 3 is 2.45 bits per heavy atom. The molecule has 0 radical (unpaired) electrons. The summed E-state index contributed by atoms with van der Waals surface area (Å²) in [7, 11) is 0. The molecule has 1 aromatic carbocycles. The van der Waals surface area contributed by atoms with Gasteiger partial charge >= 0.3 is 12.0 Å². The van der Waals surface area contributed by atoms with E-state index in [1.54, 1.807) is 12.1 Å². The lowest BCUT2D eigenvalue weighted by Crippen LogP contribution is -2.48. The van der Waals surface area contributed by atoms with Crippen LogP contribution in [0.4, 0.5) is 10.5 Å². The number of imide groups is 1. The van der Waals surface area contributed by atoms with Gasteiger partial charge in [-0.25, -0.2) is 4.79 Å². The van der Waals surface area contributed by atoms with Crippen molar-refractivity contribution in [1.29, 1.82) is 0 Å². The van der Waals surface area contributed by atoms with Crippen molar-refractivity contribution in [2.45, 2.75) is 57.6 Å². The third-order valence-electron chi connectivity index (χ3n) is 5.55. The van der Waals surface area contributed by atoms with Gasteiger partial charge in [-0.1, -0.05) is 37.5 Å². The highest BCUT2D eigenvalue weighted by Crippen LogP contribution is 2.33. The maximum Gasteiger partial charge on any atom is 0.327 e. The zero-order valence-electron chi connectivity index (χ0n) is 16.8. The molecule has 1 aliphatic heterocycles. The van der Waals surface area contributed by atoms with Gasteiger partial charge in [0.2, 0.25) is 0 Å². The lowest BCUT2D eigenvalue weighted by molar-refractivity contribution is -0.156. The van der Waals surface area contributed by atoms with Crippen molar-refractivity contribution < 1.29 is 23.9 Å². The van der Waals surface area contributed by atoms with Crippen molar-refractivity contribution in [2.75, 3.05) is 18.0 Å². The minimum absolute atomic E-state index is 0.368. The Morgan fingerprint density at radius 1 is 1.17 bits per heavy atom. The van der Waals surface area contributed by atoms with E-state index in [-0.39, 0.29) is 11.8 Å². The minimum Gasteiger partial charge on any atom is -0.451 e. The number of ether oxygens (including phenoxy) is 1. The smallest absolute Gasteiger partial charge is 0.327 e. The van der Waals surface area contributed by atoms with E-state index in [0.717, 1.165) is 24.2 Å². The molecule has 156 valence electrons. The number of carbonyl (C=O) groups excluding carboxylic acids is 4. The first-order valence-electron chi connectivity index (χ1n) is 10.1. The van der Waals surface area contributed by atoms with Gasteiger partial charge in [0.25, 0.3) is 11.8 Å². The van der Waals surface area contributed by atoms with Gasteiger partial charge < -0.3 is 15.0 Å². The molecular weight excluding hydrogens is 374 g/mol. The Morgan fingerprint density at radius 2 is 1.83 bits per heavy atom. The monoisotopic (exact) mass is 401 g/mol. The highest BCUT2D eigenvalue weighted by Gasteiger charge is 2.51. The number of amides is 4. The van der Waals surface area contributed by atoms with Crippen molar-refractivity contribution in [3.05, 3.63) is 30.3 Å². The second-order valence-corrected chi connectivity index (χ2v) is 7.51. The predicted octanol–water partition coefficient (Wildman–Crippen LogP) is 2.23. The molecule has 2 aliphatic rings. The standard InChI is InChI=1S/C21H27N3O5/c1-3-23(16-10-6-4-7-11-16)18(26)15(2)29-17(25)14-24-19(27)21(22-20(24)28)12-8-5-9-13-21/h4,6-7,10-11,15H,3,5,8-9,12-14H2,1-2H3,(H,22,28). The van der Waals surface area contributed by atoms with Gasteiger partial charge in [0.1, 0.15) is 12.1 Å². The number of nitrogens with zero attached hydrogens (tertiary/aromatic N) is 2. The molecule has 3 rings (SSSR count). The quantitative estimate of drug-likeness (QED) is 0.582. The molecule has 29 heavy (non-hydrogen) atoms. The van der Waals surface area contributed by atoms with Gasteiger partial charge in [0, 0.05) is 12.2 Å². The number of para-hydroxylation sites is 1. The fourth-order valence-electron chi connectivity index (χ4n) is 4.02. The Balaban J connectivity index is 1.60. The summed E-state index contributed by atoms with van der Waals surface area (Å²) in [6, 6.07) is 8.51. The third kappa shape index (κ3) is 4.26. The lowest BCUT2D eigenvalue weighted by atomic mass is 9.82. The molecule has 0 aromatic heterocycles. The summed E-state index contributed by atoms with van der Waals surface area (Å²) in [5, 5.41) is 2.75. The summed E-state index contributed by atoms with van der Waals surface area (Å²) in [6.45, 7) is 3.23. The Kier molecular flexibility index (Phi) is 6.20. The number of esters is 1. The average Bonchev–Trinajstić information content (AvgIpc) is 2.93. The summed E-state index contributed by atoms with van der Waals surface area (Å²) < 4.78 is 5.25. The summed E-state index contributed by atoms with van der Waals surface area (Å²) in [5.74, 6) is -1.53. The number of hydrogen-bond acceptors (Lipinski definition) is 5. The zero-order valence-corrected chi connectivity index (χ0v) is 16.8. The molecule has 2 fully saturated rings. The highest BCUT2D eigenvalue weighted by molar-refractivity contribution is 6.09. The van der Waals surface area contributed by atoms with E-state index in [1.165, 1.54) is 11.8 Å². The SMILES string of the molecule is CCN(C(=O)C(C)OC(=O)CN1C(=O)NC2(CCCCC2)C1=O)c1ccccc1. The molecule has 1 heterocycles. The number of hydrogen-bond donors (Lipinski definition) is 1. The molecule has 1 spiro atoms. The minimum atomic E-state index is -1.04. The van der Waals surface area contributed by atoms with E-state index in [4.69, 9.17) is 4.74 Å². The van der Waals surface area contributed by atoms with Crippen LogP contribution < -0.4 is 10.2 Å². The van der Waals surface area contributed by atoms with E-state index in [2.05, 4.69) is 5.32 Å². The van der Waals surface area contributed by atoms with Crippen LogP contribution in [0.15, 0.2) is 30.3 Å². The Labute approximate surface area is 170 Å². The third-order valence-corrected chi connectivity index (χ3v) is 5.55. The molecule has 1 saturated carbocycles. The van der Waals surface area contributed by atoms with Crippen molar-refractivity contribution in [1.82, 2.24) is 10.2 Å². The maximum atomic E-state index is 12.7. The normalized spacial score (nSPS) is 19.0. The summed E-state index contributed by atoms with van der Waals surface area (Å²) in [5.41, 5.74) is -0.181. The van der Waals surface area contributed by atoms with Crippen LogP contribution in [0.25, 0.3) is 0 Å². The number of urea groups is 1. The van der Waals surface area contributed by atoms with Gasteiger partial charge in [0.15, 0.2) is 6.10 Å². The summed E-state index contributed by atoms with van der Waals surface area (Å²) in [6.07, 6.45) is 2.89. The van der Waals surface area contributed by atoms with Crippen LogP contribution in [0.3, 0.4) is 0 Å². The molecule has 8 heteroatoms. The second kappa shape index (κ2) is 8.63. The average molecular weight is 401 g/mol. The van der Waals surface area contributed by atoms with E-state index in [9.17, 15) is 19.2 Å². The van der Waals surface area contributed by atoms with Gasteiger partial charge in [0.05, 0.1) is 0 Å². The van der Waals surface area contributed by atoms with Crippen LogP contribution in [-0.4, -0.2) is 53.4 Å². The number of rotatable bonds is 6. The number of nitrogens with one attached hydrogen (secondary N) is 1. The van der Waals surface area contributed by atoms with Crippen molar-refractivity contribution in [3.63, 3.8) is 0 Å². The number of benzene rings is 1. The molecule has 0 bridgehead atoms. The molecular formula is C21H27N3O5. The Hall–Kier alpha value is -2.90. The fraction of sp³-hybridized carbons (Fsp3) is 0.524. The van der Waals surface area contributed by atoms with Gasteiger partial charge in [-0.05, 0) is 38.8 Å². The van der Waals surface area contributed by atoms with Crippen LogP contribution in [0.5, 0.6) is 0 Å². The van der Waals surface area contributed by atoms with Crippen molar-refractivity contribution in [3.8, 4) is 0 Å². The lowest BCUT2D eigenvalue weighted by Gasteiger charge is -2.30. The van der Waals surface area contributed by atoms with Crippen LogP contribution in [-0.2, 0) is 19.1 Å². The molecule has 8 nitrogen and oxygen atoms in total. The number of likely N-dealkylation sites (N-methyl/N-ethyl adjacent to an activating group) is 1. The van der Waals surface area contributed by atoms with Crippen LogP contribution >= 0.6 is 0 Å². The topological polar surface area (TPSA) is 96.0 Å². The first kappa shape index (κ1) is 20.8. The van der Waals surface area contributed by atoms with Crippen molar-refractivity contribution >= 4 is 29.5 Å². The molecule has 1 saturated heterocycles. The van der Waals surface area contributed by atoms with Gasteiger partial charge in [-0.2, -0.15) is 0 Å². The molecule has 1 aromatic rings. The second-order valence-electron chi connectivity index (χ2n) is 7.51. The molecule has 1 atom stereocenters. The number of carbonyl (C=O) groups is 4. The van der Waals surface area contributed by atoms with E-state index in [1.807, 2.05) is 25.1 Å². The molecule has 1 N–H and O–H groups in total. The van der Waals surface area contributed by atoms with Crippen LogP contribution in [0.2, 0.25) is 0 Å². The van der Waals surface area contributed by atoms with Gasteiger partial charge in [-0.15, -0.1) is 0 Å². The first-order valence-corrected chi connectivity index (χ1v) is 10.1.